The zero-order valence-corrected chi connectivity index (χ0v) is 14.7. The molecular weight excluding hydrogens is 314 g/mol. The molecule has 0 radical (unpaired) electrons. The fourth-order valence-electron chi connectivity index (χ4n) is 2.16. The molecule has 2 rings (SSSR count). The molecule has 23 heavy (non-hydrogen) atoms. The minimum atomic E-state index is -3.51. The smallest absolute Gasteiger partial charge is 0.240 e. The van der Waals surface area contributed by atoms with Crippen LogP contribution in [0.1, 0.15) is 25.1 Å². The second kappa shape index (κ2) is 7.14. The Morgan fingerprint density at radius 1 is 1.26 bits per heavy atom. The number of rotatable bonds is 7. The van der Waals surface area contributed by atoms with Crippen molar-refractivity contribution in [3.05, 3.63) is 41.7 Å². The molecule has 0 saturated heterocycles. The van der Waals surface area contributed by atoms with Crippen molar-refractivity contribution >= 4 is 10.0 Å². The van der Waals surface area contributed by atoms with E-state index in [1.807, 2.05) is 27.8 Å². The summed E-state index contributed by atoms with van der Waals surface area (Å²) in [4.78, 5) is 0.233. The molecule has 0 fully saturated rings. The molecule has 0 bridgehead atoms. The lowest BCUT2D eigenvalue weighted by molar-refractivity contribution is 0.242. The minimum Gasteiger partial charge on any atom is -0.491 e. The van der Waals surface area contributed by atoms with Crippen molar-refractivity contribution in [1.82, 2.24) is 14.5 Å². The van der Waals surface area contributed by atoms with Crippen LogP contribution in [-0.4, -0.2) is 30.8 Å². The molecule has 7 heteroatoms. The molecule has 0 aliphatic carbocycles. The highest BCUT2D eigenvalue weighted by Crippen LogP contribution is 2.17. The van der Waals surface area contributed by atoms with Crippen LogP contribution in [0.3, 0.4) is 0 Å². The number of ether oxygens (including phenoxy) is 1. The largest absolute Gasteiger partial charge is 0.491 e. The van der Waals surface area contributed by atoms with Gasteiger partial charge < -0.3 is 4.74 Å². The SMILES string of the molecule is Cc1c(CCNS(=O)(=O)c2ccc(OC(C)C)cc2)cnn1C. The first-order valence-electron chi connectivity index (χ1n) is 7.53. The molecule has 1 aromatic carbocycles. The van der Waals surface area contributed by atoms with Gasteiger partial charge in [0.1, 0.15) is 5.75 Å². The maximum atomic E-state index is 12.3. The van der Waals surface area contributed by atoms with Crippen LogP contribution in [-0.2, 0) is 23.5 Å². The first-order valence-corrected chi connectivity index (χ1v) is 9.02. The molecule has 0 aliphatic rings. The van der Waals surface area contributed by atoms with E-state index in [2.05, 4.69) is 9.82 Å². The monoisotopic (exact) mass is 337 g/mol. The van der Waals surface area contributed by atoms with Crippen molar-refractivity contribution in [2.45, 2.75) is 38.2 Å². The maximum Gasteiger partial charge on any atom is 0.240 e. The van der Waals surface area contributed by atoms with Gasteiger partial charge in [-0.2, -0.15) is 5.10 Å². The van der Waals surface area contributed by atoms with Crippen molar-refractivity contribution in [2.24, 2.45) is 7.05 Å². The van der Waals surface area contributed by atoms with Crippen LogP contribution in [0.5, 0.6) is 5.75 Å². The number of hydrogen-bond acceptors (Lipinski definition) is 4. The van der Waals surface area contributed by atoms with Crippen LogP contribution in [0.15, 0.2) is 35.4 Å². The van der Waals surface area contributed by atoms with E-state index in [9.17, 15) is 8.42 Å². The Morgan fingerprint density at radius 2 is 1.91 bits per heavy atom. The van der Waals surface area contributed by atoms with Gasteiger partial charge in [0.05, 0.1) is 17.2 Å². The molecule has 1 aromatic heterocycles. The van der Waals surface area contributed by atoms with E-state index in [1.54, 1.807) is 35.1 Å². The molecule has 0 spiro atoms. The summed E-state index contributed by atoms with van der Waals surface area (Å²) in [6, 6.07) is 6.43. The van der Waals surface area contributed by atoms with Crippen LogP contribution in [0.25, 0.3) is 0 Å². The van der Waals surface area contributed by atoms with E-state index in [0.717, 1.165) is 11.3 Å². The lowest BCUT2D eigenvalue weighted by Crippen LogP contribution is -2.26. The molecule has 0 atom stereocenters. The fraction of sp³-hybridized carbons (Fsp3) is 0.438. The molecule has 6 nitrogen and oxygen atoms in total. The molecule has 0 saturated carbocycles. The molecule has 0 aliphatic heterocycles. The highest BCUT2D eigenvalue weighted by molar-refractivity contribution is 7.89. The summed E-state index contributed by atoms with van der Waals surface area (Å²) in [5.41, 5.74) is 2.08. The quantitative estimate of drug-likeness (QED) is 0.839. The minimum absolute atomic E-state index is 0.0540. The van der Waals surface area contributed by atoms with Gasteiger partial charge in [0.2, 0.25) is 10.0 Å². The average molecular weight is 337 g/mol. The zero-order chi connectivity index (χ0) is 17.0. The highest BCUT2D eigenvalue weighted by Gasteiger charge is 2.14. The van der Waals surface area contributed by atoms with Crippen LogP contribution in [0, 0.1) is 6.92 Å². The molecule has 1 N–H and O–H groups in total. The van der Waals surface area contributed by atoms with Gasteiger partial charge >= 0.3 is 0 Å². The number of hydrogen-bond donors (Lipinski definition) is 1. The Hall–Kier alpha value is -1.86. The summed E-state index contributed by atoms with van der Waals surface area (Å²) in [6.45, 7) is 6.14. The van der Waals surface area contributed by atoms with Gasteiger partial charge in [-0.05, 0) is 57.0 Å². The van der Waals surface area contributed by atoms with Crippen molar-refractivity contribution in [2.75, 3.05) is 6.54 Å². The van der Waals surface area contributed by atoms with E-state index in [1.165, 1.54) is 0 Å². The fourth-order valence-corrected chi connectivity index (χ4v) is 3.19. The Morgan fingerprint density at radius 3 is 2.43 bits per heavy atom. The predicted octanol–water partition coefficient (Wildman–Crippen LogP) is 2.04. The van der Waals surface area contributed by atoms with E-state index in [-0.39, 0.29) is 11.0 Å². The van der Waals surface area contributed by atoms with E-state index in [0.29, 0.717) is 18.7 Å². The Labute approximate surface area is 137 Å². The van der Waals surface area contributed by atoms with Gasteiger partial charge in [-0.15, -0.1) is 0 Å². The summed E-state index contributed by atoms with van der Waals surface area (Å²) >= 11 is 0. The molecular formula is C16H23N3O3S. The van der Waals surface area contributed by atoms with Crippen LogP contribution >= 0.6 is 0 Å². The summed E-state index contributed by atoms with van der Waals surface area (Å²) < 4.78 is 34.4. The summed E-state index contributed by atoms with van der Waals surface area (Å²) in [5.74, 6) is 0.657. The van der Waals surface area contributed by atoms with E-state index >= 15 is 0 Å². The Balaban J connectivity index is 1.97. The summed E-state index contributed by atoms with van der Waals surface area (Å²) in [5, 5.41) is 4.15. The molecule has 2 aromatic rings. The van der Waals surface area contributed by atoms with Gasteiger partial charge in [0.25, 0.3) is 0 Å². The molecule has 0 unspecified atom stereocenters. The topological polar surface area (TPSA) is 73.2 Å². The summed E-state index contributed by atoms with van der Waals surface area (Å²) in [7, 11) is -1.65. The summed E-state index contributed by atoms with van der Waals surface area (Å²) in [6.07, 6.45) is 2.42. The van der Waals surface area contributed by atoms with Crippen molar-refractivity contribution in [3.8, 4) is 5.75 Å². The van der Waals surface area contributed by atoms with Gasteiger partial charge in [-0.1, -0.05) is 0 Å². The average Bonchev–Trinajstić information content (AvgIpc) is 2.79. The van der Waals surface area contributed by atoms with Gasteiger partial charge in [-0.25, -0.2) is 13.1 Å². The second-order valence-corrected chi connectivity index (χ2v) is 7.43. The predicted molar refractivity (Wildman–Crippen MR) is 89.0 cm³/mol. The molecule has 126 valence electrons. The second-order valence-electron chi connectivity index (χ2n) is 5.66. The standard InChI is InChI=1S/C16H23N3O3S/c1-12(2)22-15-5-7-16(8-6-15)23(20,21)18-10-9-14-11-17-19(4)13(14)3/h5-8,11-12,18H,9-10H2,1-4H3. The van der Waals surface area contributed by atoms with Gasteiger partial charge in [0.15, 0.2) is 0 Å². The number of aryl methyl sites for hydroxylation is 1. The number of aromatic nitrogens is 2. The van der Waals surface area contributed by atoms with E-state index < -0.39 is 10.0 Å². The van der Waals surface area contributed by atoms with Crippen molar-refractivity contribution in [3.63, 3.8) is 0 Å². The van der Waals surface area contributed by atoms with Gasteiger partial charge in [-0.3, -0.25) is 4.68 Å². The number of nitrogens with one attached hydrogen (secondary N) is 1. The van der Waals surface area contributed by atoms with E-state index in [4.69, 9.17) is 4.74 Å². The maximum absolute atomic E-state index is 12.3. The first-order chi connectivity index (χ1) is 10.8. The number of benzene rings is 1. The van der Waals surface area contributed by atoms with Crippen LogP contribution in [0.4, 0.5) is 0 Å². The van der Waals surface area contributed by atoms with Crippen LogP contribution in [0.2, 0.25) is 0 Å². The molecule has 0 amide bonds. The normalized spacial score (nSPS) is 11.9. The third kappa shape index (κ3) is 4.56. The number of nitrogens with zero attached hydrogens (tertiary/aromatic N) is 2. The van der Waals surface area contributed by atoms with Crippen molar-refractivity contribution < 1.29 is 13.2 Å². The first kappa shape index (κ1) is 17.5. The van der Waals surface area contributed by atoms with Crippen molar-refractivity contribution in [1.29, 1.82) is 0 Å². The lowest BCUT2D eigenvalue weighted by atomic mass is 10.2. The lowest BCUT2D eigenvalue weighted by Gasteiger charge is -2.11. The number of sulfonamides is 1. The Bertz CT molecular complexity index is 749. The molecule has 1 heterocycles. The van der Waals surface area contributed by atoms with Gasteiger partial charge in [0, 0.05) is 19.3 Å². The third-order valence-corrected chi connectivity index (χ3v) is 5.01. The zero-order valence-electron chi connectivity index (χ0n) is 13.9. The Kier molecular flexibility index (Phi) is 5.43. The van der Waals surface area contributed by atoms with Crippen LogP contribution < -0.4 is 9.46 Å². The highest BCUT2D eigenvalue weighted by atomic mass is 32.2. The third-order valence-electron chi connectivity index (χ3n) is 3.53.